The molecule has 4 heteroatoms. The number of H-pyrrole nitrogens is 1. The van der Waals surface area contributed by atoms with Crippen molar-refractivity contribution >= 4 is 31.5 Å². The molecule has 0 saturated heterocycles. The van der Waals surface area contributed by atoms with Gasteiger partial charge >= 0.3 is 0 Å². The number of fused-ring (bicyclic) bond motifs is 4. The maximum absolute atomic E-state index is 4.80. The van der Waals surface area contributed by atoms with Gasteiger partial charge in [0.25, 0.3) is 0 Å². The summed E-state index contributed by atoms with van der Waals surface area (Å²) in [4.78, 5) is 8.28. The fourth-order valence-corrected chi connectivity index (χ4v) is 4.32. The van der Waals surface area contributed by atoms with Crippen LogP contribution in [-0.4, -0.2) is 16.5 Å². The summed E-state index contributed by atoms with van der Waals surface area (Å²) in [5.74, 6) is 0.992. The molecule has 1 aliphatic heterocycles. The lowest BCUT2D eigenvalue weighted by molar-refractivity contribution is 0.627. The van der Waals surface area contributed by atoms with Gasteiger partial charge in [-0.05, 0) is 24.3 Å². The monoisotopic (exact) mass is 305 g/mol. The smallest absolute Gasteiger partial charge is 0.137 e. The first-order valence-electron chi connectivity index (χ1n) is 7.59. The quantitative estimate of drug-likeness (QED) is 0.556. The minimum absolute atomic E-state index is 0.895. The van der Waals surface area contributed by atoms with E-state index in [2.05, 4.69) is 52.8 Å². The number of hydrogen-bond acceptors (Lipinski definition) is 3. The van der Waals surface area contributed by atoms with Gasteiger partial charge in [0, 0.05) is 45.2 Å². The van der Waals surface area contributed by atoms with Gasteiger partial charge < -0.3 is 10.3 Å². The minimum Gasteiger partial charge on any atom is -0.341 e. The van der Waals surface area contributed by atoms with Gasteiger partial charge in [-0.1, -0.05) is 18.2 Å². The summed E-state index contributed by atoms with van der Waals surface area (Å²) < 4.78 is 2.68. The van der Waals surface area contributed by atoms with E-state index in [1.54, 1.807) is 0 Å². The summed E-state index contributed by atoms with van der Waals surface area (Å²) in [6.45, 7) is 1.91. The number of nitrogens with zero attached hydrogens (tertiary/aromatic N) is 1. The van der Waals surface area contributed by atoms with Crippen molar-refractivity contribution < 1.29 is 0 Å². The van der Waals surface area contributed by atoms with Crippen LogP contribution in [0.3, 0.4) is 0 Å². The van der Waals surface area contributed by atoms with Crippen LogP contribution in [0, 0.1) is 0 Å². The van der Waals surface area contributed by atoms with Crippen molar-refractivity contribution in [1.29, 1.82) is 0 Å². The van der Waals surface area contributed by atoms with Crippen LogP contribution >= 0.6 is 11.3 Å². The van der Waals surface area contributed by atoms with E-state index in [4.69, 9.17) is 4.98 Å². The van der Waals surface area contributed by atoms with Gasteiger partial charge in [-0.3, -0.25) is 0 Å². The molecule has 2 aromatic carbocycles. The topological polar surface area (TPSA) is 40.7 Å². The first kappa shape index (κ1) is 12.4. The lowest BCUT2D eigenvalue weighted by atomic mass is 10.1. The Morgan fingerprint density at radius 1 is 1.00 bits per heavy atom. The second-order valence-electron chi connectivity index (χ2n) is 5.75. The maximum atomic E-state index is 4.80. The van der Waals surface area contributed by atoms with E-state index in [0.717, 1.165) is 25.3 Å². The number of nitrogens with one attached hydrogen (secondary N) is 2. The highest BCUT2D eigenvalue weighted by molar-refractivity contribution is 7.25. The van der Waals surface area contributed by atoms with Crippen molar-refractivity contribution in [3.8, 4) is 11.4 Å². The van der Waals surface area contributed by atoms with Crippen molar-refractivity contribution in [2.75, 3.05) is 6.54 Å². The van der Waals surface area contributed by atoms with Crippen LogP contribution in [0.2, 0.25) is 0 Å². The molecule has 2 N–H and O–H groups in total. The molecular weight excluding hydrogens is 290 g/mol. The third-order valence-corrected chi connectivity index (χ3v) is 5.51. The van der Waals surface area contributed by atoms with Crippen molar-refractivity contribution in [3.05, 3.63) is 53.9 Å². The van der Waals surface area contributed by atoms with Gasteiger partial charge in [0.15, 0.2) is 0 Å². The summed E-state index contributed by atoms with van der Waals surface area (Å²) in [7, 11) is 0. The second-order valence-corrected chi connectivity index (χ2v) is 6.83. The zero-order valence-electron chi connectivity index (χ0n) is 12.0. The number of aromatic amines is 1. The number of imidazole rings is 1. The number of rotatable bonds is 1. The molecule has 1 aliphatic rings. The molecule has 0 aliphatic carbocycles. The summed E-state index contributed by atoms with van der Waals surface area (Å²) in [5, 5.41) is 6.05. The molecule has 108 valence electrons. The zero-order valence-corrected chi connectivity index (χ0v) is 12.8. The van der Waals surface area contributed by atoms with E-state index in [0.29, 0.717) is 0 Å². The van der Waals surface area contributed by atoms with Crippen molar-refractivity contribution in [1.82, 2.24) is 15.3 Å². The highest BCUT2D eigenvalue weighted by Crippen LogP contribution is 2.35. The number of aromatic nitrogens is 2. The van der Waals surface area contributed by atoms with Crippen LogP contribution in [-0.2, 0) is 13.0 Å². The van der Waals surface area contributed by atoms with Crippen molar-refractivity contribution in [2.24, 2.45) is 0 Å². The van der Waals surface area contributed by atoms with E-state index < -0.39 is 0 Å². The lowest BCUT2D eigenvalue weighted by Gasteiger charge is -2.09. The molecule has 0 radical (unpaired) electrons. The fraction of sp³-hybridized carbons (Fsp3) is 0.167. The van der Waals surface area contributed by atoms with E-state index in [1.807, 2.05) is 11.3 Å². The highest BCUT2D eigenvalue weighted by atomic mass is 32.1. The average Bonchev–Trinajstić information content (AvgIpc) is 3.15. The molecule has 0 bridgehead atoms. The Morgan fingerprint density at radius 2 is 1.91 bits per heavy atom. The molecule has 0 saturated carbocycles. The molecule has 0 atom stereocenters. The normalized spacial score (nSPS) is 14.5. The lowest BCUT2D eigenvalue weighted by Crippen LogP contribution is -2.23. The molecule has 0 amide bonds. The van der Waals surface area contributed by atoms with Crippen LogP contribution in [0.1, 0.15) is 11.4 Å². The number of benzene rings is 2. The molecule has 0 spiro atoms. The van der Waals surface area contributed by atoms with Crippen LogP contribution in [0.25, 0.3) is 31.6 Å². The molecule has 3 heterocycles. The van der Waals surface area contributed by atoms with Crippen molar-refractivity contribution in [3.63, 3.8) is 0 Å². The van der Waals surface area contributed by atoms with Gasteiger partial charge in [0.2, 0.25) is 0 Å². The standard InChI is InChI=1S/C18H15N3S/c1-2-4-16-12(3-1)13-9-11(5-6-17(13)22-16)18-20-14-7-8-19-10-15(14)21-18/h1-6,9,19H,7-8,10H2,(H,20,21). The predicted octanol–water partition coefficient (Wildman–Crippen LogP) is 4.09. The third kappa shape index (κ3) is 1.81. The van der Waals surface area contributed by atoms with Gasteiger partial charge in [-0.15, -0.1) is 11.3 Å². The Bertz CT molecular complexity index is 973. The maximum Gasteiger partial charge on any atom is 0.137 e. The Morgan fingerprint density at radius 3 is 2.86 bits per heavy atom. The largest absolute Gasteiger partial charge is 0.341 e. The number of thiophene rings is 1. The van der Waals surface area contributed by atoms with Crippen LogP contribution in [0.5, 0.6) is 0 Å². The number of hydrogen-bond donors (Lipinski definition) is 2. The molecular formula is C18H15N3S. The third-order valence-electron chi connectivity index (χ3n) is 4.35. The van der Waals surface area contributed by atoms with Gasteiger partial charge in [0.05, 0.1) is 11.4 Å². The van der Waals surface area contributed by atoms with E-state index in [-0.39, 0.29) is 0 Å². The second kappa shape index (κ2) is 4.66. The fourth-order valence-electron chi connectivity index (χ4n) is 3.23. The zero-order chi connectivity index (χ0) is 14.5. The molecule has 3 nitrogen and oxygen atoms in total. The van der Waals surface area contributed by atoms with Crippen LogP contribution in [0.15, 0.2) is 42.5 Å². The summed E-state index contributed by atoms with van der Waals surface area (Å²) in [6.07, 6.45) is 1.01. The Kier molecular flexibility index (Phi) is 2.62. The van der Waals surface area contributed by atoms with Gasteiger partial charge in [-0.25, -0.2) is 4.98 Å². The Labute approximate surface area is 132 Å². The van der Waals surface area contributed by atoms with Crippen LogP contribution < -0.4 is 5.32 Å². The molecule has 22 heavy (non-hydrogen) atoms. The summed E-state index contributed by atoms with van der Waals surface area (Å²) in [6, 6.07) is 15.3. The van der Waals surface area contributed by atoms with Crippen LogP contribution in [0.4, 0.5) is 0 Å². The highest BCUT2D eigenvalue weighted by Gasteiger charge is 2.15. The molecule has 4 aromatic rings. The summed E-state index contributed by atoms with van der Waals surface area (Å²) in [5.41, 5.74) is 3.62. The van der Waals surface area contributed by atoms with E-state index in [9.17, 15) is 0 Å². The predicted molar refractivity (Wildman–Crippen MR) is 92.3 cm³/mol. The minimum atomic E-state index is 0.895. The first-order chi connectivity index (χ1) is 10.9. The Hall–Kier alpha value is -2.17. The first-order valence-corrected chi connectivity index (χ1v) is 8.40. The molecule has 5 rings (SSSR count). The van der Waals surface area contributed by atoms with E-state index >= 15 is 0 Å². The van der Waals surface area contributed by atoms with Crippen molar-refractivity contribution in [2.45, 2.75) is 13.0 Å². The SMILES string of the molecule is c1ccc2c(c1)sc1ccc(-c3nc4c([nH]3)CNCC4)cc12. The summed E-state index contributed by atoms with van der Waals surface area (Å²) >= 11 is 1.85. The van der Waals surface area contributed by atoms with Gasteiger partial charge in [-0.2, -0.15) is 0 Å². The molecule has 2 aromatic heterocycles. The molecule has 0 fully saturated rings. The van der Waals surface area contributed by atoms with Gasteiger partial charge in [0.1, 0.15) is 5.82 Å². The van der Waals surface area contributed by atoms with E-state index in [1.165, 1.54) is 37.1 Å². The molecule has 0 unspecified atom stereocenters. The average molecular weight is 305 g/mol. The Balaban J connectivity index is 1.71.